The summed E-state index contributed by atoms with van der Waals surface area (Å²) in [6, 6.07) is 3.93. The van der Waals surface area contributed by atoms with Crippen molar-refractivity contribution in [2.75, 3.05) is 6.54 Å². The molecule has 0 saturated carbocycles. The van der Waals surface area contributed by atoms with E-state index in [0.717, 1.165) is 12.5 Å². The molecule has 2 N–H and O–H groups in total. The van der Waals surface area contributed by atoms with E-state index < -0.39 is 11.6 Å². The minimum absolute atomic E-state index is 0.0476. The molecule has 18 heavy (non-hydrogen) atoms. The van der Waals surface area contributed by atoms with Crippen molar-refractivity contribution < 1.29 is 13.6 Å². The monoisotopic (exact) mass is 254 g/mol. The second-order valence-electron chi connectivity index (χ2n) is 4.58. The van der Waals surface area contributed by atoms with Gasteiger partial charge in [-0.25, -0.2) is 8.78 Å². The van der Waals surface area contributed by atoms with Crippen molar-refractivity contribution >= 4 is 5.91 Å². The first-order chi connectivity index (χ1) is 8.58. The predicted molar refractivity (Wildman–Crippen MR) is 63.9 cm³/mol. The molecule has 5 heteroatoms. The number of rotatable bonds is 4. The lowest BCUT2D eigenvalue weighted by atomic mass is 10.1. The number of carbonyl (C=O) groups excluding carboxylic acids is 1. The largest absolute Gasteiger partial charge is 0.352 e. The first-order valence-corrected chi connectivity index (χ1v) is 6.04. The summed E-state index contributed by atoms with van der Waals surface area (Å²) in [5.41, 5.74) is 0.305. The summed E-state index contributed by atoms with van der Waals surface area (Å²) in [5.74, 6) is -1.60. The summed E-state index contributed by atoms with van der Waals surface area (Å²) < 4.78 is 26.6. The number of nitrogens with one attached hydrogen (secondary N) is 2. The quantitative estimate of drug-likeness (QED) is 0.861. The van der Waals surface area contributed by atoms with Crippen LogP contribution in [0.3, 0.4) is 0 Å². The van der Waals surface area contributed by atoms with Gasteiger partial charge in [0.1, 0.15) is 0 Å². The van der Waals surface area contributed by atoms with Crippen LogP contribution in [0.2, 0.25) is 0 Å². The maximum Gasteiger partial charge on any atom is 0.220 e. The van der Waals surface area contributed by atoms with E-state index in [4.69, 9.17) is 0 Å². The fourth-order valence-electron chi connectivity index (χ4n) is 2.11. The third-order valence-corrected chi connectivity index (χ3v) is 3.20. The number of amides is 1. The van der Waals surface area contributed by atoms with Gasteiger partial charge in [-0.3, -0.25) is 4.79 Å². The SMILES string of the molecule is CC(NCC1CCC(=O)N1)c1cccc(F)c1F. The molecule has 0 aliphatic carbocycles. The second kappa shape index (κ2) is 5.44. The van der Waals surface area contributed by atoms with Gasteiger partial charge in [0.25, 0.3) is 0 Å². The summed E-state index contributed by atoms with van der Waals surface area (Å²) in [6.45, 7) is 2.33. The van der Waals surface area contributed by atoms with Crippen molar-refractivity contribution in [3.8, 4) is 0 Å². The highest BCUT2D eigenvalue weighted by molar-refractivity contribution is 5.78. The molecule has 2 atom stereocenters. The van der Waals surface area contributed by atoms with E-state index in [9.17, 15) is 13.6 Å². The maximum atomic E-state index is 13.5. The highest BCUT2D eigenvalue weighted by atomic mass is 19.2. The lowest BCUT2D eigenvalue weighted by Crippen LogP contribution is -2.36. The third-order valence-electron chi connectivity index (χ3n) is 3.20. The van der Waals surface area contributed by atoms with Gasteiger partial charge >= 0.3 is 0 Å². The van der Waals surface area contributed by atoms with Gasteiger partial charge in [0.05, 0.1) is 0 Å². The van der Waals surface area contributed by atoms with Crippen LogP contribution in [0.1, 0.15) is 31.4 Å². The van der Waals surface area contributed by atoms with Gasteiger partial charge in [0.15, 0.2) is 11.6 Å². The molecule has 0 bridgehead atoms. The minimum Gasteiger partial charge on any atom is -0.352 e. The molecule has 1 aromatic carbocycles. The van der Waals surface area contributed by atoms with Crippen LogP contribution >= 0.6 is 0 Å². The Hall–Kier alpha value is -1.49. The van der Waals surface area contributed by atoms with Gasteiger partial charge in [-0.2, -0.15) is 0 Å². The highest BCUT2D eigenvalue weighted by Gasteiger charge is 2.21. The molecule has 98 valence electrons. The molecule has 1 amide bonds. The zero-order valence-electron chi connectivity index (χ0n) is 10.2. The average Bonchev–Trinajstić information content (AvgIpc) is 2.76. The van der Waals surface area contributed by atoms with E-state index in [0.29, 0.717) is 18.5 Å². The lowest BCUT2D eigenvalue weighted by molar-refractivity contribution is -0.119. The molecule has 1 aromatic rings. The Kier molecular flexibility index (Phi) is 3.91. The summed E-state index contributed by atoms with van der Waals surface area (Å²) in [4.78, 5) is 11.0. The van der Waals surface area contributed by atoms with Crippen molar-refractivity contribution in [3.05, 3.63) is 35.4 Å². The Bertz CT molecular complexity index is 451. The predicted octanol–water partition coefficient (Wildman–Crippen LogP) is 1.89. The molecule has 1 aliphatic rings. The van der Waals surface area contributed by atoms with Crippen LogP contribution in [-0.2, 0) is 4.79 Å². The highest BCUT2D eigenvalue weighted by Crippen LogP contribution is 2.19. The fraction of sp³-hybridized carbons (Fsp3) is 0.462. The van der Waals surface area contributed by atoms with E-state index in [-0.39, 0.29) is 18.0 Å². The van der Waals surface area contributed by atoms with Crippen molar-refractivity contribution in [1.29, 1.82) is 0 Å². The number of hydrogen-bond donors (Lipinski definition) is 2. The Morgan fingerprint density at radius 2 is 2.28 bits per heavy atom. The number of benzene rings is 1. The zero-order chi connectivity index (χ0) is 13.1. The van der Waals surface area contributed by atoms with Crippen molar-refractivity contribution in [2.45, 2.75) is 31.8 Å². The lowest BCUT2D eigenvalue weighted by Gasteiger charge is -2.18. The van der Waals surface area contributed by atoms with Gasteiger partial charge in [0.2, 0.25) is 5.91 Å². The molecular formula is C13H16F2N2O. The van der Waals surface area contributed by atoms with Crippen LogP contribution in [0.25, 0.3) is 0 Å². The summed E-state index contributed by atoms with van der Waals surface area (Å²) in [7, 11) is 0. The number of carbonyl (C=O) groups is 1. The van der Waals surface area contributed by atoms with E-state index in [1.54, 1.807) is 13.0 Å². The average molecular weight is 254 g/mol. The summed E-state index contributed by atoms with van der Waals surface area (Å²) >= 11 is 0. The van der Waals surface area contributed by atoms with Crippen molar-refractivity contribution in [2.24, 2.45) is 0 Å². The molecule has 0 spiro atoms. The Balaban J connectivity index is 1.93. The standard InChI is InChI=1S/C13H16F2N2O/c1-8(10-3-2-4-11(14)13(10)15)16-7-9-5-6-12(18)17-9/h2-4,8-9,16H,5-7H2,1H3,(H,17,18). The first-order valence-electron chi connectivity index (χ1n) is 6.04. The van der Waals surface area contributed by atoms with E-state index in [2.05, 4.69) is 10.6 Å². The first kappa shape index (κ1) is 13.0. The van der Waals surface area contributed by atoms with Crippen LogP contribution in [0.4, 0.5) is 8.78 Å². The van der Waals surface area contributed by atoms with Crippen molar-refractivity contribution in [3.63, 3.8) is 0 Å². The Morgan fingerprint density at radius 3 is 2.94 bits per heavy atom. The molecule has 1 saturated heterocycles. The molecule has 3 nitrogen and oxygen atoms in total. The third kappa shape index (κ3) is 2.85. The Morgan fingerprint density at radius 1 is 1.50 bits per heavy atom. The summed E-state index contributed by atoms with van der Waals surface area (Å²) in [5, 5.41) is 5.93. The van der Waals surface area contributed by atoms with Gasteiger partial charge in [-0.1, -0.05) is 12.1 Å². The molecule has 1 fully saturated rings. The topological polar surface area (TPSA) is 41.1 Å². The molecule has 0 aromatic heterocycles. The maximum absolute atomic E-state index is 13.5. The number of hydrogen-bond acceptors (Lipinski definition) is 2. The van der Waals surface area contributed by atoms with E-state index in [1.165, 1.54) is 6.07 Å². The zero-order valence-corrected chi connectivity index (χ0v) is 10.2. The molecular weight excluding hydrogens is 238 g/mol. The molecule has 1 aliphatic heterocycles. The Labute approximate surface area is 105 Å². The molecule has 2 unspecified atom stereocenters. The van der Waals surface area contributed by atoms with Gasteiger partial charge in [0, 0.05) is 30.6 Å². The van der Waals surface area contributed by atoms with Crippen LogP contribution in [0.5, 0.6) is 0 Å². The molecule has 1 heterocycles. The van der Waals surface area contributed by atoms with Gasteiger partial charge < -0.3 is 10.6 Å². The van der Waals surface area contributed by atoms with Gasteiger partial charge in [-0.05, 0) is 19.4 Å². The second-order valence-corrected chi connectivity index (χ2v) is 4.58. The van der Waals surface area contributed by atoms with Crippen molar-refractivity contribution in [1.82, 2.24) is 10.6 Å². The van der Waals surface area contributed by atoms with Crippen LogP contribution < -0.4 is 10.6 Å². The normalized spacial score (nSPS) is 20.8. The smallest absolute Gasteiger partial charge is 0.220 e. The molecule has 0 radical (unpaired) electrons. The number of halogens is 2. The minimum atomic E-state index is -0.838. The van der Waals surface area contributed by atoms with Crippen LogP contribution in [0.15, 0.2) is 18.2 Å². The van der Waals surface area contributed by atoms with Crippen LogP contribution in [-0.4, -0.2) is 18.5 Å². The van der Waals surface area contributed by atoms with Gasteiger partial charge in [-0.15, -0.1) is 0 Å². The van der Waals surface area contributed by atoms with E-state index >= 15 is 0 Å². The molecule has 2 rings (SSSR count). The summed E-state index contributed by atoms with van der Waals surface area (Å²) in [6.07, 6.45) is 1.32. The van der Waals surface area contributed by atoms with E-state index in [1.807, 2.05) is 0 Å². The fourth-order valence-corrected chi connectivity index (χ4v) is 2.11. The van der Waals surface area contributed by atoms with Crippen LogP contribution in [0, 0.1) is 11.6 Å².